The van der Waals surface area contributed by atoms with Gasteiger partial charge in [-0.3, -0.25) is 14.3 Å². The summed E-state index contributed by atoms with van der Waals surface area (Å²) < 4.78 is 14.8. The summed E-state index contributed by atoms with van der Waals surface area (Å²) in [6, 6.07) is 6.96. The molecule has 0 spiro atoms. The van der Waals surface area contributed by atoms with Crippen LogP contribution >= 0.6 is 0 Å². The summed E-state index contributed by atoms with van der Waals surface area (Å²) in [6.45, 7) is 2.64. The Morgan fingerprint density at radius 2 is 2.04 bits per heavy atom. The molecule has 25 heavy (non-hydrogen) atoms. The highest BCUT2D eigenvalue weighted by Crippen LogP contribution is 2.19. The third-order valence-electron chi connectivity index (χ3n) is 4.27. The zero-order valence-electron chi connectivity index (χ0n) is 14.1. The Morgan fingerprint density at radius 3 is 2.76 bits per heavy atom. The predicted molar refractivity (Wildman–Crippen MR) is 90.5 cm³/mol. The minimum Gasteiger partial charge on any atom is -0.346 e. The molecule has 1 aliphatic rings. The van der Waals surface area contributed by atoms with E-state index in [4.69, 9.17) is 0 Å². The molecule has 6 nitrogen and oxygen atoms in total. The number of halogens is 1. The van der Waals surface area contributed by atoms with Crippen molar-refractivity contribution in [2.45, 2.75) is 38.8 Å². The SMILES string of the molecule is CC(NC(=O)CNC(=O)c1ccc(F)cc1)c1cc2n(n1)CCCC2. The number of nitrogens with zero attached hydrogens (tertiary/aromatic N) is 2. The minimum absolute atomic E-state index is 0.145. The molecule has 2 amide bonds. The quantitative estimate of drug-likeness (QED) is 0.871. The number of fused-ring (bicyclic) bond motifs is 1. The number of rotatable bonds is 5. The second kappa shape index (κ2) is 7.46. The normalized spacial score (nSPS) is 14.5. The van der Waals surface area contributed by atoms with Crippen molar-refractivity contribution in [2.24, 2.45) is 0 Å². The van der Waals surface area contributed by atoms with Crippen LogP contribution in [0.25, 0.3) is 0 Å². The molecule has 2 aromatic rings. The zero-order valence-corrected chi connectivity index (χ0v) is 14.1. The van der Waals surface area contributed by atoms with Gasteiger partial charge in [-0.05, 0) is 56.5 Å². The average Bonchev–Trinajstić information content (AvgIpc) is 3.04. The van der Waals surface area contributed by atoms with Gasteiger partial charge in [0.05, 0.1) is 18.3 Å². The van der Waals surface area contributed by atoms with E-state index >= 15 is 0 Å². The van der Waals surface area contributed by atoms with Crippen LogP contribution in [0.3, 0.4) is 0 Å². The number of hydrogen-bond acceptors (Lipinski definition) is 3. The van der Waals surface area contributed by atoms with Crippen LogP contribution in [-0.4, -0.2) is 28.1 Å². The number of carbonyl (C=O) groups is 2. The fourth-order valence-electron chi connectivity index (χ4n) is 2.88. The fraction of sp³-hybridized carbons (Fsp3) is 0.389. The van der Waals surface area contributed by atoms with Gasteiger partial charge < -0.3 is 10.6 Å². The van der Waals surface area contributed by atoms with Crippen molar-refractivity contribution in [3.8, 4) is 0 Å². The van der Waals surface area contributed by atoms with Gasteiger partial charge in [-0.2, -0.15) is 5.10 Å². The van der Waals surface area contributed by atoms with Crippen molar-refractivity contribution in [3.05, 3.63) is 53.1 Å². The molecule has 0 aliphatic carbocycles. The molecule has 132 valence electrons. The molecule has 1 aromatic carbocycles. The van der Waals surface area contributed by atoms with Gasteiger partial charge in [0.15, 0.2) is 0 Å². The molecule has 0 saturated carbocycles. The van der Waals surface area contributed by atoms with Gasteiger partial charge in [0.2, 0.25) is 5.91 Å². The highest BCUT2D eigenvalue weighted by molar-refractivity contribution is 5.96. The summed E-state index contributed by atoms with van der Waals surface area (Å²) in [5.74, 6) is -1.12. The van der Waals surface area contributed by atoms with Gasteiger partial charge in [0.1, 0.15) is 5.82 Å². The monoisotopic (exact) mass is 344 g/mol. The summed E-state index contributed by atoms with van der Waals surface area (Å²) in [6.07, 6.45) is 3.31. The van der Waals surface area contributed by atoms with Crippen LogP contribution in [0.5, 0.6) is 0 Å². The minimum atomic E-state index is -0.416. The fourth-order valence-corrected chi connectivity index (χ4v) is 2.88. The third kappa shape index (κ3) is 4.23. The molecule has 0 saturated heterocycles. The number of benzene rings is 1. The van der Waals surface area contributed by atoms with Crippen LogP contribution in [0, 0.1) is 5.82 Å². The number of carbonyl (C=O) groups excluding carboxylic acids is 2. The largest absolute Gasteiger partial charge is 0.346 e. The number of aromatic nitrogens is 2. The Bertz CT molecular complexity index is 746. The van der Waals surface area contributed by atoms with Crippen LogP contribution in [0.2, 0.25) is 0 Å². The van der Waals surface area contributed by atoms with E-state index in [1.54, 1.807) is 0 Å². The molecule has 3 rings (SSSR count). The van der Waals surface area contributed by atoms with Gasteiger partial charge in [0.25, 0.3) is 5.91 Å². The highest BCUT2D eigenvalue weighted by Gasteiger charge is 2.18. The number of nitrogens with one attached hydrogen (secondary N) is 2. The molecule has 0 radical (unpaired) electrons. The van der Waals surface area contributed by atoms with Crippen LogP contribution < -0.4 is 10.6 Å². The molecule has 2 N–H and O–H groups in total. The Balaban J connectivity index is 1.51. The second-order valence-corrected chi connectivity index (χ2v) is 6.22. The smallest absolute Gasteiger partial charge is 0.251 e. The number of hydrogen-bond donors (Lipinski definition) is 2. The molecule has 1 atom stereocenters. The van der Waals surface area contributed by atoms with Crippen LogP contribution in [0.1, 0.15) is 47.6 Å². The Kier molecular flexibility index (Phi) is 5.11. The summed E-state index contributed by atoms with van der Waals surface area (Å²) in [5, 5.41) is 9.89. The first-order chi connectivity index (χ1) is 12.0. The lowest BCUT2D eigenvalue weighted by atomic mass is 10.1. The maximum absolute atomic E-state index is 12.9. The second-order valence-electron chi connectivity index (χ2n) is 6.22. The Morgan fingerprint density at radius 1 is 1.28 bits per heavy atom. The molecule has 0 bridgehead atoms. The van der Waals surface area contributed by atoms with Gasteiger partial charge >= 0.3 is 0 Å². The zero-order chi connectivity index (χ0) is 17.8. The third-order valence-corrected chi connectivity index (χ3v) is 4.27. The molecule has 0 fully saturated rings. The first-order valence-electron chi connectivity index (χ1n) is 8.42. The average molecular weight is 344 g/mol. The molecule has 1 aliphatic heterocycles. The maximum Gasteiger partial charge on any atom is 0.251 e. The van der Waals surface area contributed by atoms with Gasteiger partial charge in [-0.15, -0.1) is 0 Å². The highest BCUT2D eigenvalue weighted by atomic mass is 19.1. The molecule has 1 unspecified atom stereocenters. The van der Waals surface area contributed by atoms with E-state index in [1.165, 1.54) is 36.4 Å². The first kappa shape index (κ1) is 17.1. The van der Waals surface area contributed by atoms with Crippen molar-refractivity contribution < 1.29 is 14.0 Å². The maximum atomic E-state index is 12.9. The van der Waals surface area contributed by atoms with E-state index in [1.807, 2.05) is 17.7 Å². The van der Waals surface area contributed by atoms with E-state index < -0.39 is 11.7 Å². The van der Waals surface area contributed by atoms with E-state index in [-0.39, 0.29) is 18.5 Å². The van der Waals surface area contributed by atoms with E-state index in [0.717, 1.165) is 25.1 Å². The molecule has 1 aromatic heterocycles. The molecular weight excluding hydrogens is 323 g/mol. The Labute approximate surface area is 145 Å². The topological polar surface area (TPSA) is 76.0 Å². The van der Waals surface area contributed by atoms with E-state index in [2.05, 4.69) is 15.7 Å². The summed E-state index contributed by atoms with van der Waals surface area (Å²) in [4.78, 5) is 24.0. The summed E-state index contributed by atoms with van der Waals surface area (Å²) >= 11 is 0. The molecular formula is C18H21FN4O2. The van der Waals surface area contributed by atoms with E-state index in [0.29, 0.717) is 5.56 Å². The van der Waals surface area contributed by atoms with Crippen LogP contribution in [0.15, 0.2) is 30.3 Å². The molecule has 7 heteroatoms. The summed E-state index contributed by atoms with van der Waals surface area (Å²) in [5.41, 5.74) is 2.34. The van der Waals surface area contributed by atoms with Crippen molar-refractivity contribution in [2.75, 3.05) is 6.54 Å². The standard InChI is InChI=1S/C18H21FN4O2/c1-12(16-10-15-4-2-3-9-23(15)22-16)21-17(24)11-20-18(25)13-5-7-14(19)8-6-13/h5-8,10,12H,2-4,9,11H2,1H3,(H,20,25)(H,21,24). The van der Waals surface area contributed by atoms with Gasteiger partial charge in [-0.1, -0.05) is 0 Å². The summed E-state index contributed by atoms with van der Waals surface area (Å²) in [7, 11) is 0. The van der Waals surface area contributed by atoms with Crippen molar-refractivity contribution in [1.82, 2.24) is 20.4 Å². The van der Waals surface area contributed by atoms with Crippen LogP contribution in [0.4, 0.5) is 4.39 Å². The predicted octanol–water partition coefficient (Wildman–Crippen LogP) is 1.97. The van der Waals surface area contributed by atoms with Crippen molar-refractivity contribution in [3.63, 3.8) is 0 Å². The Hall–Kier alpha value is -2.70. The molecule has 2 heterocycles. The lowest BCUT2D eigenvalue weighted by molar-refractivity contribution is -0.120. The van der Waals surface area contributed by atoms with Crippen molar-refractivity contribution >= 4 is 11.8 Å². The first-order valence-corrected chi connectivity index (χ1v) is 8.42. The van der Waals surface area contributed by atoms with E-state index in [9.17, 15) is 14.0 Å². The lowest BCUT2D eigenvalue weighted by Crippen LogP contribution is -2.38. The number of aryl methyl sites for hydroxylation is 2. The van der Waals surface area contributed by atoms with Gasteiger partial charge in [-0.25, -0.2) is 4.39 Å². The number of amides is 2. The van der Waals surface area contributed by atoms with Crippen LogP contribution in [-0.2, 0) is 17.8 Å². The van der Waals surface area contributed by atoms with Gasteiger partial charge in [0, 0.05) is 17.8 Å². The van der Waals surface area contributed by atoms with Crippen molar-refractivity contribution in [1.29, 1.82) is 0 Å². The lowest BCUT2D eigenvalue weighted by Gasteiger charge is -2.13.